The Morgan fingerprint density at radius 2 is 1.67 bits per heavy atom. The van der Waals surface area contributed by atoms with Crippen LogP contribution in [-0.2, 0) is 26.0 Å². The lowest BCUT2D eigenvalue weighted by Crippen LogP contribution is -2.49. The molecule has 0 saturated carbocycles. The summed E-state index contributed by atoms with van der Waals surface area (Å²) in [5.41, 5.74) is 3.75. The van der Waals surface area contributed by atoms with Crippen molar-refractivity contribution in [3.05, 3.63) is 142 Å². The topological polar surface area (TPSA) is 132 Å². The first kappa shape index (κ1) is 34.5. The van der Waals surface area contributed by atoms with Crippen LogP contribution in [0.15, 0.2) is 120 Å². The molecule has 52 heavy (non-hydrogen) atoms. The first-order chi connectivity index (χ1) is 25.1. The number of rotatable bonds is 9. The van der Waals surface area contributed by atoms with Crippen molar-refractivity contribution >= 4 is 44.9 Å². The van der Waals surface area contributed by atoms with Gasteiger partial charge in [-0.3, -0.25) is 14.5 Å². The van der Waals surface area contributed by atoms with Crippen LogP contribution in [0, 0.1) is 11.3 Å². The lowest BCUT2D eigenvalue weighted by Gasteiger charge is -2.32. The Morgan fingerprint density at radius 3 is 2.35 bits per heavy atom. The molecule has 0 bridgehead atoms. The molecule has 1 fully saturated rings. The third kappa shape index (κ3) is 6.99. The number of carbonyl (C=O) groups excluding carboxylic acids is 2. The molecule has 1 saturated heterocycles. The highest BCUT2D eigenvalue weighted by molar-refractivity contribution is 7.91. The van der Waals surface area contributed by atoms with E-state index in [-0.39, 0.29) is 34.6 Å². The van der Waals surface area contributed by atoms with Crippen LogP contribution in [-0.4, -0.2) is 59.6 Å². The van der Waals surface area contributed by atoms with Gasteiger partial charge in [-0.15, -0.1) is 0 Å². The summed E-state index contributed by atoms with van der Waals surface area (Å²) in [4.78, 5) is 29.4. The summed E-state index contributed by atoms with van der Waals surface area (Å²) in [5, 5.41) is 16.0. The van der Waals surface area contributed by atoms with Crippen LogP contribution >= 0.6 is 11.6 Å². The van der Waals surface area contributed by atoms with E-state index in [1.165, 1.54) is 7.11 Å². The number of amides is 2. The standard InChI is InChI=1S/C40H31ClN4O6S/c1-50-33-16-12-27(13-17-33)37-35(39(46)45(40(47)36(37)22-42)32-18-19-52(48,49)25-32)21-29-23-44(31-7-3-2-4-8-31)43-38(29)28-6-5-9-34(20-28)51-24-26-10-14-30(41)15-11-26/h2-17,20-21,23,32H,18-19,24-25H2,1H3/b35-21-. The molecule has 0 radical (unpaired) electrons. The zero-order valence-electron chi connectivity index (χ0n) is 27.9. The Labute approximate surface area is 305 Å². The van der Waals surface area contributed by atoms with Gasteiger partial charge in [0, 0.05) is 27.9 Å². The Kier molecular flexibility index (Phi) is 9.51. The van der Waals surface area contributed by atoms with Gasteiger partial charge in [0.05, 0.1) is 35.9 Å². The maximum absolute atomic E-state index is 14.5. The number of benzene rings is 4. The van der Waals surface area contributed by atoms with E-state index in [1.807, 2.05) is 72.8 Å². The van der Waals surface area contributed by atoms with Crippen LogP contribution < -0.4 is 9.47 Å². The fourth-order valence-electron chi connectivity index (χ4n) is 6.36. The van der Waals surface area contributed by atoms with E-state index < -0.39 is 27.7 Å². The molecule has 7 rings (SSSR count). The molecule has 0 spiro atoms. The third-order valence-electron chi connectivity index (χ3n) is 8.95. The van der Waals surface area contributed by atoms with Crippen molar-refractivity contribution < 1.29 is 27.5 Å². The fourth-order valence-corrected chi connectivity index (χ4v) is 8.19. The number of hydrogen-bond donors (Lipinski definition) is 0. The van der Waals surface area contributed by atoms with Crippen molar-refractivity contribution in [3.63, 3.8) is 0 Å². The number of ether oxygens (including phenoxy) is 2. The number of halogens is 1. The Morgan fingerprint density at radius 1 is 0.923 bits per heavy atom. The highest BCUT2D eigenvalue weighted by atomic mass is 35.5. The number of carbonyl (C=O) groups is 2. The van der Waals surface area contributed by atoms with Gasteiger partial charge in [-0.1, -0.05) is 66.2 Å². The summed E-state index contributed by atoms with van der Waals surface area (Å²) >= 11 is 6.05. The minimum atomic E-state index is -3.47. The van der Waals surface area contributed by atoms with Crippen molar-refractivity contribution in [1.82, 2.24) is 14.7 Å². The molecule has 0 N–H and O–H groups in total. The van der Waals surface area contributed by atoms with Gasteiger partial charge in [0.25, 0.3) is 11.8 Å². The van der Waals surface area contributed by atoms with Crippen LogP contribution in [0.4, 0.5) is 0 Å². The molecule has 2 aliphatic heterocycles. The van der Waals surface area contributed by atoms with E-state index in [2.05, 4.69) is 0 Å². The Bertz CT molecular complexity index is 2400. The van der Waals surface area contributed by atoms with Gasteiger partial charge in [-0.05, 0) is 72.2 Å². The highest BCUT2D eigenvalue weighted by Gasteiger charge is 2.45. The maximum Gasteiger partial charge on any atom is 0.272 e. The Hall–Kier alpha value is -5.96. The average Bonchev–Trinajstić information content (AvgIpc) is 3.75. The molecule has 1 unspecified atom stereocenters. The van der Waals surface area contributed by atoms with Gasteiger partial charge in [-0.25, -0.2) is 13.1 Å². The third-order valence-corrected chi connectivity index (χ3v) is 11.0. The smallest absolute Gasteiger partial charge is 0.272 e. The minimum Gasteiger partial charge on any atom is -0.497 e. The van der Waals surface area contributed by atoms with Crippen LogP contribution in [0.3, 0.4) is 0 Å². The zero-order chi connectivity index (χ0) is 36.4. The molecule has 3 heterocycles. The van der Waals surface area contributed by atoms with Crippen LogP contribution in [0.25, 0.3) is 28.6 Å². The van der Waals surface area contributed by atoms with E-state index in [9.17, 15) is 23.3 Å². The first-order valence-corrected chi connectivity index (χ1v) is 18.6. The number of methoxy groups -OCH3 is 1. The van der Waals surface area contributed by atoms with Gasteiger partial charge in [0.1, 0.15) is 35.4 Å². The predicted molar refractivity (Wildman–Crippen MR) is 197 cm³/mol. The van der Waals surface area contributed by atoms with Crippen molar-refractivity contribution in [3.8, 4) is 34.5 Å². The number of imide groups is 1. The second-order valence-electron chi connectivity index (χ2n) is 12.3. The fraction of sp³-hybridized carbons (Fsp3) is 0.150. The molecule has 12 heteroatoms. The highest BCUT2D eigenvalue weighted by Crippen LogP contribution is 2.39. The SMILES string of the molecule is COc1ccc(C2=C(C#N)C(=O)N(C3CCS(=O)(=O)C3)C(=O)/C2=C\c2cn(-c3ccccc3)nc2-c2cccc(OCc3ccc(Cl)cc3)c2)cc1. The molecule has 5 aromatic rings. The van der Waals surface area contributed by atoms with Crippen LogP contribution in [0.1, 0.15) is 23.1 Å². The van der Waals surface area contributed by atoms with Crippen molar-refractivity contribution in [2.24, 2.45) is 0 Å². The largest absolute Gasteiger partial charge is 0.497 e. The van der Waals surface area contributed by atoms with Crippen LogP contribution in [0.5, 0.6) is 11.5 Å². The normalized spacial score (nSPS) is 17.8. The summed E-state index contributed by atoms with van der Waals surface area (Å²) in [7, 11) is -1.95. The number of sulfone groups is 1. The van der Waals surface area contributed by atoms with E-state index >= 15 is 0 Å². The molecule has 1 aromatic heterocycles. The predicted octanol–water partition coefficient (Wildman–Crippen LogP) is 6.70. The van der Waals surface area contributed by atoms with Gasteiger partial charge in [0.2, 0.25) is 0 Å². The van der Waals surface area contributed by atoms with Crippen molar-refractivity contribution in [1.29, 1.82) is 5.26 Å². The average molecular weight is 731 g/mol. The summed E-state index contributed by atoms with van der Waals surface area (Å²) in [6.07, 6.45) is 3.47. The van der Waals surface area contributed by atoms with Crippen LogP contribution in [0.2, 0.25) is 5.02 Å². The second-order valence-corrected chi connectivity index (χ2v) is 15.0. The van der Waals surface area contributed by atoms with Gasteiger partial charge < -0.3 is 9.47 Å². The molecule has 1 atom stereocenters. The van der Waals surface area contributed by atoms with Gasteiger partial charge >= 0.3 is 0 Å². The zero-order valence-corrected chi connectivity index (χ0v) is 29.5. The van der Waals surface area contributed by atoms with E-state index in [1.54, 1.807) is 53.4 Å². The molecular formula is C40H31ClN4O6S. The van der Waals surface area contributed by atoms with E-state index in [0.29, 0.717) is 45.5 Å². The molecule has 2 aliphatic rings. The van der Waals surface area contributed by atoms with Crippen molar-refractivity contribution in [2.75, 3.05) is 18.6 Å². The van der Waals surface area contributed by atoms with Gasteiger partial charge in [-0.2, -0.15) is 10.4 Å². The molecule has 0 aliphatic carbocycles. The number of aromatic nitrogens is 2. The minimum absolute atomic E-state index is 0.0506. The lowest BCUT2D eigenvalue weighted by molar-refractivity contribution is -0.142. The van der Waals surface area contributed by atoms with E-state index in [0.717, 1.165) is 16.2 Å². The molecule has 2 amide bonds. The molecule has 260 valence electrons. The molecule has 4 aromatic carbocycles. The van der Waals surface area contributed by atoms with Crippen molar-refractivity contribution in [2.45, 2.75) is 19.1 Å². The summed E-state index contributed by atoms with van der Waals surface area (Å²) in [5.74, 6) is -0.925. The Balaban J connectivity index is 1.38. The summed E-state index contributed by atoms with van der Waals surface area (Å²) < 4.78 is 38.1. The summed E-state index contributed by atoms with van der Waals surface area (Å²) in [6, 6.07) is 32.0. The molecular weight excluding hydrogens is 700 g/mol. The monoisotopic (exact) mass is 730 g/mol. The van der Waals surface area contributed by atoms with E-state index in [4.69, 9.17) is 26.2 Å². The first-order valence-electron chi connectivity index (χ1n) is 16.4. The second kappa shape index (κ2) is 14.3. The molecule has 10 nitrogen and oxygen atoms in total. The summed E-state index contributed by atoms with van der Waals surface area (Å²) in [6.45, 7) is 0.304. The maximum atomic E-state index is 14.5. The number of hydrogen-bond acceptors (Lipinski definition) is 8. The quantitative estimate of drug-likeness (QED) is 0.121. The number of nitriles is 1. The lowest BCUT2D eigenvalue weighted by atomic mass is 9.86. The number of para-hydroxylation sites is 1. The van der Waals surface area contributed by atoms with Gasteiger partial charge in [0.15, 0.2) is 9.84 Å². The number of nitrogens with zero attached hydrogens (tertiary/aromatic N) is 4.